The van der Waals surface area contributed by atoms with Gasteiger partial charge >= 0.3 is 6.09 Å². The van der Waals surface area contributed by atoms with Crippen LogP contribution in [-0.2, 0) is 27.3 Å². The Bertz CT molecular complexity index is 778. The van der Waals surface area contributed by atoms with Gasteiger partial charge in [-0.15, -0.1) is 0 Å². The number of unbranched alkanes of at least 4 members (excludes halogenated alkanes) is 1. The molecule has 1 fully saturated rings. The molecule has 0 aromatic heterocycles. The molecule has 1 aliphatic rings. The van der Waals surface area contributed by atoms with Crippen LogP contribution >= 0.6 is 0 Å². The lowest BCUT2D eigenvalue weighted by Gasteiger charge is -2.25. The molecule has 0 N–H and O–H groups in total. The van der Waals surface area contributed by atoms with Gasteiger partial charge in [-0.05, 0) is 24.0 Å². The lowest BCUT2D eigenvalue weighted by atomic mass is 9.99. The van der Waals surface area contributed by atoms with Crippen molar-refractivity contribution in [3.8, 4) is 0 Å². The van der Waals surface area contributed by atoms with Crippen molar-refractivity contribution in [2.75, 3.05) is 13.2 Å². The molecule has 2 aromatic carbocycles. The van der Waals surface area contributed by atoms with E-state index in [2.05, 4.69) is 6.92 Å². The standard InChI is InChI=1S/C24H29NO4/c1-2-3-14-21(17-28-16-20-12-8-5-9-13-20)23(26)25-22(18-29-24(25)27)15-19-10-6-4-7-11-19/h4-13,21-22H,2-3,14-18H2,1H3/t21?,22-/m0/s1. The minimum atomic E-state index is -0.541. The Morgan fingerprint density at radius 1 is 1.10 bits per heavy atom. The largest absolute Gasteiger partial charge is 0.447 e. The molecule has 3 rings (SSSR count). The van der Waals surface area contributed by atoms with Crippen LogP contribution in [0.25, 0.3) is 0 Å². The Morgan fingerprint density at radius 3 is 2.41 bits per heavy atom. The summed E-state index contributed by atoms with van der Waals surface area (Å²) in [6.07, 6.45) is 2.66. The van der Waals surface area contributed by atoms with Crippen LogP contribution in [-0.4, -0.2) is 36.2 Å². The summed E-state index contributed by atoms with van der Waals surface area (Å²) >= 11 is 0. The monoisotopic (exact) mass is 395 g/mol. The first-order valence-corrected chi connectivity index (χ1v) is 10.3. The summed E-state index contributed by atoms with van der Waals surface area (Å²) in [4.78, 5) is 26.9. The van der Waals surface area contributed by atoms with Crippen molar-refractivity contribution < 1.29 is 19.1 Å². The highest BCUT2D eigenvalue weighted by Crippen LogP contribution is 2.23. The van der Waals surface area contributed by atoms with Crippen molar-refractivity contribution in [3.05, 3.63) is 71.8 Å². The van der Waals surface area contributed by atoms with Crippen molar-refractivity contribution in [1.29, 1.82) is 0 Å². The van der Waals surface area contributed by atoms with Gasteiger partial charge in [0.2, 0.25) is 5.91 Å². The fraction of sp³-hybridized carbons (Fsp3) is 0.417. The topological polar surface area (TPSA) is 55.8 Å². The van der Waals surface area contributed by atoms with E-state index in [0.717, 1.165) is 24.0 Å². The Morgan fingerprint density at radius 2 is 1.76 bits per heavy atom. The second kappa shape index (κ2) is 10.8. The van der Waals surface area contributed by atoms with Gasteiger partial charge < -0.3 is 9.47 Å². The molecule has 2 atom stereocenters. The fourth-order valence-electron chi connectivity index (χ4n) is 3.59. The summed E-state index contributed by atoms with van der Waals surface area (Å²) in [7, 11) is 0. The van der Waals surface area contributed by atoms with Crippen molar-refractivity contribution in [2.24, 2.45) is 5.92 Å². The van der Waals surface area contributed by atoms with Crippen LogP contribution in [0.4, 0.5) is 4.79 Å². The average Bonchev–Trinajstić information content (AvgIpc) is 3.11. The molecule has 0 radical (unpaired) electrons. The number of carbonyl (C=O) groups excluding carboxylic acids is 2. The van der Waals surface area contributed by atoms with E-state index in [1.807, 2.05) is 60.7 Å². The SMILES string of the molecule is CCCCC(COCc1ccccc1)C(=O)N1C(=O)OC[C@@H]1Cc1ccccc1. The summed E-state index contributed by atoms with van der Waals surface area (Å²) in [6.45, 7) is 3.09. The van der Waals surface area contributed by atoms with Crippen LogP contribution in [0.15, 0.2) is 60.7 Å². The Hall–Kier alpha value is -2.66. The molecular formula is C24H29NO4. The third kappa shape index (κ3) is 5.91. The van der Waals surface area contributed by atoms with Crippen molar-refractivity contribution in [1.82, 2.24) is 4.90 Å². The fourth-order valence-corrected chi connectivity index (χ4v) is 3.59. The maximum absolute atomic E-state index is 13.2. The summed E-state index contributed by atoms with van der Waals surface area (Å²) in [5.41, 5.74) is 2.15. The molecule has 0 aliphatic carbocycles. The van der Waals surface area contributed by atoms with Crippen molar-refractivity contribution in [2.45, 2.75) is 45.3 Å². The lowest BCUT2D eigenvalue weighted by Crippen LogP contribution is -2.44. The average molecular weight is 395 g/mol. The van der Waals surface area contributed by atoms with Crippen LogP contribution in [0, 0.1) is 5.92 Å². The van der Waals surface area contributed by atoms with E-state index in [-0.39, 0.29) is 24.5 Å². The molecule has 0 saturated carbocycles. The van der Waals surface area contributed by atoms with Crippen molar-refractivity contribution in [3.63, 3.8) is 0 Å². The molecular weight excluding hydrogens is 366 g/mol. The van der Waals surface area contributed by atoms with Crippen LogP contribution in [0.1, 0.15) is 37.3 Å². The molecule has 1 aliphatic heterocycles. The summed E-state index contributed by atoms with van der Waals surface area (Å²) in [5.74, 6) is -0.530. The highest BCUT2D eigenvalue weighted by Gasteiger charge is 2.40. The van der Waals surface area contributed by atoms with Gasteiger partial charge in [0.05, 0.1) is 25.2 Å². The number of cyclic esters (lactones) is 1. The second-order valence-corrected chi connectivity index (χ2v) is 7.47. The number of hydrogen-bond donors (Lipinski definition) is 0. The second-order valence-electron chi connectivity index (χ2n) is 7.47. The zero-order valence-electron chi connectivity index (χ0n) is 17.0. The first kappa shape index (κ1) is 21.1. The number of nitrogens with zero attached hydrogens (tertiary/aromatic N) is 1. The zero-order valence-corrected chi connectivity index (χ0v) is 17.0. The van der Waals surface area contributed by atoms with E-state index in [4.69, 9.17) is 9.47 Å². The normalized spacial score (nSPS) is 17.2. The molecule has 0 bridgehead atoms. The van der Waals surface area contributed by atoms with E-state index in [1.54, 1.807) is 0 Å². The summed E-state index contributed by atoms with van der Waals surface area (Å²) < 4.78 is 11.1. The van der Waals surface area contributed by atoms with Gasteiger partial charge in [0.15, 0.2) is 0 Å². The summed E-state index contributed by atoms with van der Waals surface area (Å²) in [5, 5.41) is 0. The molecule has 2 aromatic rings. The maximum Gasteiger partial charge on any atom is 0.416 e. The van der Waals surface area contributed by atoms with Gasteiger partial charge in [-0.1, -0.05) is 80.4 Å². The molecule has 1 saturated heterocycles. The Balaban J connectivity index is 1.64. The number of carbonyl (C=O) groups is 2. The van der Waals surface area contributed by atoms with Gasteiger partial charge in [-0.2, -0.15) is 0 Å². The van der Waals surface area contributed by atoms with Crippen LogP contribution in [0.2, 0.25) is 0 Å². The molecule has 29 heavy (non-hydrogen) atoms. The smallest absolute Gasteiger partial charge is 0.416 e. The molecule has 1 heterocycles. The third-order valence-electron chi connectivity index (χ3n) is 5.20. The quantitative estimate of drug-likeness (QED) is 0.590. The highest BCUT2D eigenvalue weighted by molar-refractivity contribution is 5.94. The zero-order chi connectivity index (χ0) is 20.5. The van der Waals surface area contributed by atoms with E-state index >= 15 is 0 Å². The lowest BCUT2D eigenvalue weighted by molar-refractivity contribution is -0.136. The van der Waals surface area contributed by atoms with Gasteiger partial charge in [0.1, 0.15) is 6.61 Å². The molecule has 2 amide bonds. The predicted octanol–water partition coefficient (Wildman–Crippen LogP) is 4.60. The number of amides is 2. The minimum absolute atomic E-state index is 0.185. The number of imide groups is 1. The van der Waals surface area contributed by atoms with Gasteiger partial charge in [0.25, 0.3) is 0 Å². The van der Waals surface area contributed by atoms with Crippen LogP contribution in [0.5, 0.6) is 0 Å². The van der Waals surface area contributed by atoms with E-state index in [9.17, 15) is 9.59 Å². The molecule has 154 valence electrons. The maximum atomic E-state index is 13.2. The number of hydrogen-bond acceptors (Lipinski definition) is 4. The molecule has 0 spiro atoms. The molecule has 5 nitrogen and oxygen atoms in total. The van der Waals surface area contributed by atoms with Gasteiger partial charge in [-0.3, -0.25) is 4.79 Å². The highest BCUT2D eigenvalue weighted by atomic mass is 16.6. The first-order chi connectivity index (χ1) is 14.2. The van der Waals surface area contributed by atoms with Crippen LogP contribution in [0.3, 0.4) is 0 Å². The number of ether oxygens (including phenoxy) is 2. The van der Waals surface area contributed by atoms with E-state index in [0.29, 0.717) is 26.1 Å². The Kier molecular flexibility index (Phi) is 7.82. The summed E-state index contributed by atoms with van der Waals surface area (Å²) in [6, 6.07) is 19.5. The predicted molar refractivity (Wildman–Crippen MR) is 111 cm³/mol. The Labute approximate surface area is 172 Å². The van der Waals surface area contributed by atoms with E-state index in [1.165, 1.54) is 4.90 Å². The first-order valence-electron chi connectivity index (χ1n) is 10.3. The number of rotatable bonds is 10. The van der Waals surface area contributed by atoms with Crippen molar-refractivity contribution >= 4 is 12.0 Å². The third-order valence-corrected chi connectivity index (χ3v) is 5.20. The minimum Gasteiger partial charge on any atom is -0.447 e. The van der Waals surface area contributed by atoms with Crippen LogP contribution < -0.4 is 0 Å². The molecule has 5 heteroatoms. The van der Waals surface area contributed by atoms with Gasteiger partial charge in [0, 0.05) is 0 Å². The van der Waals surface area contributed by atoms with Gasteiger partial charge in [-0.25, -0.2) is 9.69 Å². The number of benzene rings is 2. The van der Waals surface area contributed by atoms with E-state index < -0.39 is 6.09 Å². The molecule has 1 unspecified atom stereocenters.